The molecule has 0 unspecified atom stereocenters. The highest BCUT2D eigenvalue weighted by molar-refractivity contribution is 7.92. The van der Waals surface area contributed by atoms with Crippen LogP contribution in [0.1, 0.15) is 17.2 Å². The molecule has 0 fully saturated rings. The summed E-state index contributed by atoms with van der Waals surface area (Å²) < 4.78 is 27.8. The summed E-state index contributed by atoms with van der Waals surface area (Å²) in [7, 11) is -0.138. The van der Waals surface area contributed by atoms with Crippen LogP contribution in [0.25, 0.3) is 11.1 Å². The Morgan fingerprint density at radius 2 is 1.66 bits per heavy atom. The van der Waals surface area contributed by atoms with E-state index in [2.05, 4.69) is 35.7 Å². The molecule has 0 saturated heterocycles. The molecule has 0 aliphatic rings. The van der Waals surface area contributed by atoms with Crippen LogP contribution in [0.15, 0.2) is 42.9 Å². The van der Waals surface area contributed by atoms with Gasteiger partial charge in [-0.15, -0.1) is 0 Å². The fraction of sp³-hybridized carbons (Fsp3) is 0.261. The van der Waals surface area contributed by atoms with Crippen LogP contribution < -0.4 is 14.9 Å². The van der Waals surface area contributed by atoms with Crippen LogP contribution in [0.5, 0.6) is 0 Å². The zero-order valence-electron chi connectivity index (χ0n) is 20.4. The monoisotopic (exact) mass is 493 g/mol. The SMILES string of the molecule is Cc1cc(Nc2cc(Nc3ccc(-c4cnn(C)c4C)cc3N(C)S(C)(=O)=O)ncn2)nc(C)n1. The van der Waals surface area contributed by atoms with Gasteiger partial charge in [0, 0.05) is 43.2 Å². The number of aromatic nitrogens is 6. The van der Waals surface area contributed by atoms with Crippen LogP contribution >= 0.6 is 0 Å². The molecule has 182 valence electrons. The van der Waals surface area contributed by atoms with E-state index in [9.17, 15) is 8.42 Å². The van der Waals surface area contributed by atoms with Gasteiger partial charge in [-0.2, -0.15) is 5.10 Å². The van der Waals surface area contributed by atoms with Gasteiger partial charge in [-0.3, -0.25) is 8.99 Å². The highest BCUT2D eigenvalue weighted by Gasteiger charge is 2.19. The molecule has 0 saturated carbocycles. The van der Waals surface area contributed by atoms with Crippen LogP contribution in [0.2, 0.25) is 0 Å². The minimum absolute atomic E-state index is 0.475. The van der Waals surface area contributed by atoms with Crippen LogP contribution in [0.3, 0.4) is 0 Å². The molecular formula is C23H27N9O2S. The number of aryl methyl sites for hydroxylation is 3. The Bertz CT molecular complexity index is 1480. The predicted octanol–water partition coefficient (Wildman–Crippen LogP) is 3.48. The van der Waals surface area contributed by atoms with Crippen molar-refractivity contribution in [3.63, 3.8) is 0 Å². The van der Waals surface area contributed by atoms with Gasteiger partial charge in [-0.1, -0.05) is 6.07 Å². The van der Waals surface area contributed by atoms with E-state index in [1.54, 1.807) is 16.9 Å². The number of benzene rings is 1. The Morgan fingerprint density at radius 1 is 0.943 bits per heavy atom. The molecule has 35 heavy (non-hydrogen) atoms. The van der Waals surface area contributed by atoms with Crippen molar-refractivity contribution in [1.82, 2.24) is 29.7 Å². The molecule has 0 radical (unpaired) electrons. The first-order valence-corrected chi connectivity index (χ1v) is 12.6. The third kappa shape index (κ3) is 5.38. The quantitative estimate of drug-likeness (QED) is 0.397. The van der Waals surface area contributed by atoms with Crippen molar-refractivity contribution in [3.8, 4) is 11.1 Å². The standard InChI is InChI=1S/C23H27N9O2S/c1-14-9-23(28-16(3)27-14)30-22-11-21(24-13-25-22)29-19-8-7-17(18-12-26-31(4)15(18)2)10-20(19)32(5)35(6,33)34/h7-13H,1-6H3,(H2,24,25,27,28,29,30). The fourth-order valence-corrected chi connectivity index (χ4v) is 4.08. The highest BCUT2D eigenvalue weighted by atomic mass is 32.2. The maximum atomic E-state index is 12.4. The van der Waals surface area contributed by atoms with Crippen molar-refractivity contribution < 1.29 is 8.42 Å². The molecule has 12 heteroatoms. The van der Waals surface area contributed by atoms with Gasteiger partial charge >= 0.3 is 0 Å². The number of nitrogens with one attached hydrogen (secondary N) is 2. The van der Waals surface area contributed by atoms with E-state index in [-0.39, 0.29) is 0 Å². The molecule has 0 aliphatic carbocycles. The minimum Gasteiger partial charge on any atom is -0.338 e. The molecule has 0 bridgehead atoms. The zero-order chi connectivity index (χ0) is 25.3. The molecule has 4 rings (SSSR count). The summed E-state index contributed by atoms with van der Waals surface area (Å²) in [5, 5.41) is 10.7. The largest absolute Gasteiger partial charge is 0.338 e. The van der Waals surface area contributed by atoms with Crippen molar-refractivity contribution in [3.05, 3.63) is 60.1 Å². The summed E-state index contributed by atoms with van der Waals surface area (Å²) in [4.78, 5) is 17.2. The van der Waals surface area contributed by atoms with E-state index in [1.165, 1.54) is 17.7 Å². The molecule has 0 aliphatic heterocycles. The lowest BCUT2D eigenvalue weighted by Crippen LogP contribution is -2.25. The number of anilines is 5. The van der Waals surface area contributed by atoms with Gasteiger partial charge in [0.25, 0.3) is 0 Å². The average molecular weight is 494 g/mol. The van der Waals surface area contributed by atoms with Gasteiger partial charge in [-0.25, -0.2) is 28.4 Å². The fourth-order valence-electron chi connectivity index (χ4n) is 3.57. The van der Waals surface area contributed by atoms with E-state index in [4.69, 9.17) is 0 Å². The van der Waals surface area contributed by atoms with Gasteiger partial charge in [0.2, 0.25) is 10.0 Å². The summed E-state index contributed by atoms with van der Waals surface area (Å²) in [5.41, 5.74) is 4.63. The van der Waals surface area contributed by atoms with E-state index < -0.39 is 10.0 Å². The van der Waals surface area contributed by atoms with Gasteiger partial charge in [0.15, 0.2) is 0 Å². The molecule has 0 amide bonds. The number of sulfonamides is 1. The Labute approximate surface area is 204 Å². The normalized spacial score (nSPS) is 11.4. The molecule has 11 nitrogen and oxygen atoms in total. The van der Waals surface area contributed by atoms with Gasteiger partial charge < -0.3 is 10.6 Å². The summed E-state index contributed by atoms with van der Waals surface area (Å²) in [6.07, 6.45) is 4.34. The van der Waals surface area contributed by atoms with Gasteiger partial charge in [0.1, 0.15) is 29.6 Å². The van der Waals surface area contributed by atoms with Crippen LogP contribution in [0.4, 0.5) is 28.8 Å². The maximum absolute atomic E-state index is 12.4. The van der Waals surface area contributed by atoms with Crippen molar-refractivity contribution in [1.29, 1.82) is 0 Å². The summed E-state index contributed by atoms with van der Waals surface area (Å²) in [6, 6.07) is 9.10. The average Bonchev–Trinajstić information content (AvgIpc) is 3.11. The Kier molecular flexibility index (Phi) is 6.39. The van der Waals surface area contributed by atoms with Crippen LogP contribution in [-0.4, -0.2) is 51.4 Å². The zero-order valence-corrected chi connectivity index (χ0v) is 21.2. The lowest BCUT2D eigenvalue weighted by atomic mass is 10.1. The number of nitrogens with zero attached hydrogens (tertiary/aromatic N) is 7. The second-order valence-corrected chi connectivity index (χ2v) is 10.2. The van der Waals surface area contributed by atoms with Crippen molar-refractivity contribution in [2.45, 2.75) is 20.8 Å². The van der Waals surface area contributed by atoms with Crippen molar-refractivity contribution >= 4 is 38.9 Å². The first-order valence-electron chi connectivity index (χ1n) is 10.8. The van der Waals surface area contributed by atoms with Crippen molar-refractivity contribution in [2.24, 2.45) is 7.05 Å². The summed E-state index contributed by atoms with van der Waals surface area (Å²) in [6.45, 7) is 5.68. The maximum Gasteiger partial charge on any atom is 0.232 e. The first-order chi connectivity index (χ1) is 16.5. The Morgan fingerprint density at radius 3 is 2.29 bits per heavy atom. The topological polar surface area (TPSA) is 131 Å². The van der Waals surface area contributed by atoms with Crippen LogP contribution in [0, 0.1) is 20.8 Å². The summed E-state index contributed by atoms with van der Waals surface area (Å²) in [5.74, 6) is 2.28. The minimum atomic E-state index is -3.52. The smallest absolute Gasteiger partial charge is 0.232 e. The first kappa shape index (κ1) is 24.1. The third-order valence-corrected chi connectivity index (χ3v) is 6.72. The Hall–Kier alpha value is -4.06. The number of rotatable bonds is 7. The predicted molar refractivity (Wildman–Crippen MR) is 137 cm³/mol. The highest BCUT2D eigenvalue weighted by Crippen LogP contribution is 2.35. The second kappa shape index (κ2) is 9.29. The second-order valence-electron chi connectivity index (χ2n) is 8.21. The third-order valence-electron chi connectivity index (χ3n) is 5.53. The Balaban J connectivity index is 1.69. The summed E-state index contributed by atoms with van der Waals surface area (Å²) >= 11 is 0. The number of hydrogen-bond donors (Lipinski definition) is 2. The molecule has 3 aromatic heterocycles. The molecule has 0 atom stereocenters. The molecule has 3 heterocycles. The lowest BCUT2D eigenvalue weighted by molar-refractivity contribution is 0.600. The van der Waals surface area contributed by atoms with Gasteiger partial charge in [0.05, 0.1) is 23.8 Å². The van der Waals surface area contributed by atoms with Gasteiger partial charge in [-0.05, 0) is 38.5 Å². The number of hydrogen-bond acceptors (Lipinski definition) is 9. The van der Waals surface area contributed by atoms with E-state index in [0.717, 1.165) is 28.8 Å². The molecule has 0 spiro atoms. The van der Waals surface area contributed by atoms with Crippen molar-refractivity contribution in [2.75, 3.05) is 28.2 Å². The molecule has 4 aromatic rings. The van der Waals surface area contributed by atoms with E-state index in [1.807, 2.05) is 52.1 Å². The lowest BCUT2D eigenvalue weighted by Gasteiger charge is -2.22. The van der Waals surface area contributed by atoms with E-state index >= 15 is 0 Å². The molecule has 1 aromatic carbocycles. The molecule has 2 N–H and O–H groups in total. The molecular weight excluding hydrogens is 466 g/mol. The van der Waals surface area contributed by atoms with Crippen LogP contribution in [-0.2, 0) is 17.1 Å². The van der Waals surface area contributed by atoms with E-state index in [0.29, 0.717) is 34.7 Å².